The largest absolute Gasteiger partial charge is 0.358 e. The Balaban J connectivity index is 1.91. The second-order valence-electron chi connectivity index (χ2n) is 3.42. The first-order chi connectivity index (χ1) is 6.36. The van der Waals surface area contributed by atoms with Crippen LogP contribution >= 0.6 is 22.6 Å². The third-order valence-corrected chi connectivity index (χ3v) is 3.25. The monoisotopic (exact) mass is 291 g/mol. The predicted molar refractivity (Wildman–Crippen MR) is 61.5 cm³/mol. The zero-order valence-corrected chi connectivity index (χ0v) is 9.74. The fourth-order valence-corrected chi connectivity index (χ4v) is 2.05. The Bertz CT molecular complexity index is 231. The maximum Gasteiger partial charge on any atom is 0.129 e. The minimum absolute atomic E-state index is 0.325. The van der Waals surface area contributed by atoms with Gasteiger partial charge in [0, 0.05) is 22.9 Å². The minimum Gasteiger partial charge on any atom is -0.358 e. The van der Waals surface area contributed by atoms with E-state index in [0.29, 0.717) is 6.23 Å². The molecule has 0 saturated carbocycles. The normalized spacial score (nSPS) is 28.8. The van der Waals surface area contributed by atoms with Gasteiger partial charge in [-0.1, -0.05) is 6.08 Å². The molecule has 0 aliphatic carbocycles. The first kappa shape index (κ1) is 9.52. The van der Waals surface area contributed by atoms with E-state index < -0.39 is 0 Å². The van der Waals surface area contributed by atoms with Gasteiger partial charge in [0.25, 0.3) is 0 Å². The van der Waals surface area contributed by atoms with Crippen molar-refractivity contribution in [3.05, 3.63) is 21.9 Å². The Hall–Kier alpha value is -0.0300. The highest BCUT2D eigenvalue weighted by Gasteiger charge is 2.19. The summed E-state index contributed by atoms with van der Waals surface area (Å²) in [6.45, 7) is 1.93. The standard InChI is InChI=1S/C10H14INO/c11-9-4-6-12(7-5-9)10-3-1-2-8-13-10/h4-6,10H,1-3,7-8H2. The molecule has 3 heteroatoms. The van der Waals surface area contributed by atoms with Gasteiger partial charge < -0.3 is 9.64 Å². The summed E-state index contributed by atoms with van der Waals surface area (Å²) in [5.74, 6) is 0. The number of ether oxygens (including phenoxy) is 1. The van der Waals surface area contributed by atoms with Gasteiger partial charge in [-0.3, -0.25) is 0 Å². The molecule has 2 rings (SSSR count). The Morgan fingerprint density at radius 3 is 3.00 bits per heavy atom. The van der Waals surface area contributed by atoms with E-state index in [1.54, 1.807) is 0 Å². The van der Waals surface area contributed by atoms with Gasteiger partial charge in [-0.05, 0) is 47.9 Å². The van der Waals surface area contributed by atoms with Crippen molar-refractivity contribution in [1.82, 2.24) is 4.90 Å². The molecule has 1 atom stereocenters. The molecule has 2 nitrogen and oxygen atoms in total. The lowest BCUT2D eigenvalue weighted by atomic mass is 10.1. The van der Waals surface area contributed by atoms with Crippen LogP contribution in [0.4, 0.5) is 0 Å². The van der Waals surface area contributed by atoms with Crippen molar-refractivity contribution in [1.29, 1.82) is 0 Å². The smallest absolute Gasteiger partial charge is 0.129 e. The molecule has 2 heterocycles. The Morgan fingerprint density at radius 2 is 2.38 bits per heavy atom. The average molecular weight is 291 g/mol. The highest BCUT2D eigenvalue weighted by molar-refractivity contribution is 14.1. The molecule has 2 aliphatic rings. The van der Waals surface area contributed by atoms with Crippen LogP contribution in [0.5, 0.6) is 0 Å². The number of hydrogen-bond acceptors (Lipinski definition) is 2. The maximum absolute atomic E-state index is 5.70. The summed E-state index contributed by atoms with van der Waals surface area (Å²) in [6.07, 6.45) is 10.6. The molecule has 0 N–H and O–H groups in total. The quantitative estimate of drug-likeness (QED) is 0.689. The van der Waals surface area contributed by atoms with Gasteiger partial charge in [-0.15, -0.1) is 0 Å². The van der Waals surface area contributed by atoms with Crippen molar-refractivity contribution >= 4 is 22.6 Å². The van der Waals surface area contributed by atoms with Gasteiger partial charge in [0.05, 0.1) is 0 Å². The zero-order valence-electron chi connectivity index (χ0n) is 7.58. The van der Waals surface area contributed by atoms with Crippen LogP contribution in [0.1, 0.15) is 19.3 Å². The van der Waals surface area contributed by atoms with Crippen molar-refractivity contribution in [3.63, 3.8) is 0 Å². The Morgan fingerprint density at radius 1 is 1.46 bits per heavy atom. The van der Waals surface area contributed by atoms with E-state index >= 15 is 0 Å². The van der Waals surface area contributed by atoms with Crippen LogP contribution in [0, 0.1) is 0 Å². The summed E-state index contributed by atoms with van der Waals surface area (Å²) in [6, 6.07) is 0. The molecular weight excluding hydrogens is 277 g/mol. The Labute approximate surface area is 92.8 Å². The summed E-state index contributed by atoms with van der Waals surface area (Å²) in [4.78, 5) is 2.28. The highest BCUT2D eigenvalue weighted by Crippen LogP contribution is 2.21. The third-order valence-electron chi connectivity index (χ3n) is 2.45. The van der Waals surface area contributed by atoms with E-state index in [2.05, 4.69) is 45.8 Å². The number of allylic oxidation sites excluding steroid dienone is 2. The van der Waals surface area contributed by atoms with Gasteiger partial charge in [-0.2, -0.15) is 0 Å². The van der Waals surface area contributed by atoms with Gasteiger partial charge in [0.1, 0.15) is 6.23 Å². The van der Waals surface area contributed by atoms with Crippen molar-refractivity contribution in [2.75, 3.05) is 13.2 Å². The number of halogens is 1. The molecule has 72 valence electrons. The first-order valence-electron chi connectivity index (χ1n) is 4.77. The average Bonchev–Trinajstić information content (AvgIpc) is 2.20. The molecule has 1 unspecified atom stereocenters. The van der Waals surface area contributed by atoms with Gasteiger partial charge in [0.2, 0.25) is 0 Å². The topological polar surface area (TPSA) is 12.5 Å². The van der Waals surface area contributed by atoms with Crippen LogP contribution in [0.25, 0.3) is 0 Å². The van der Waals surface area contributed by atoms with Crippen molar-refractivity contribution < 1.29 is 4.74 Å². The molecule has 0 bridgehead atoms. The van der Waals surface area contributed by atoms with Crippen LogP contribution in [0.2, 0.25) is 0 Å². The van der Waals surface area contributed by atoms with Crippen molar-refractivity contribution in [2.24, 2.45) is 0 Å². The fraction of sp³-hybridized carbons (Fsp3) is 0.600. The van der Waals surface area contributed by atoms with E-state index in [1.165, 1.54) is 22.8 Å². The molecule has 1 saturated heterocycles. The summed E-state index contributed by atoms with van der Waals surface area (Å²) >= 11 is 2.34. The SMILES string of the molecule is IC1=CCN(C2CCCCO2)C=C1. The van der Waals surface area contributed by atoms with Gasteiger partial charge >= 0.3 is 0 Å². The fourth-order valence-electron chi connectivity index (χ4n) is 1.69. The lowest BCUT2D eigenvalue weighted by Gasteiger charge is -2.33. The third kappa shape index (κ3) is 2.47. The van der Waals surface area contributed by atoms with Crippen LogP contribution in [-0.4, -0.2) is 24.3 Å². The van der Waals surface area contributed by atoms with Crippen LogP contribution < -0.4 is 0 Å². The van der Waals surface area contributed by atoms with Crippen molar-refractivity contribution in [3.8, 4) is 0 Å². The first-order valence-corrected chi connectivity index (χ1v) is 5.85. The molecule has 0 aromatic heterocycles. The van der Waals surface area contributed by atoms with Crippen LogP contribution in [0.15, 0.2) is 21.9 Å². The summed E-state index contributed by atoms with van der Waals surface area (Å²) < 4.78 is 7.02. The van der Waals surface area contributed by atoms with E-state index in [4.69, 9.17) is 4.74 Å². The number of hydrogen-bond donors (Lipinski definition) is 0. The minimum atomic E-state index is 0.325. The van der Waals surface area contributed by atoms with Gasteiger partial charge in [0.15, 0.2) is 0 Å². The van der Waals surface area contributed by atoms with E-state index in [9.17, 15) is 0 Å². The molecular formula is C10H14INO. The second kappa shape index (κ2) is 4.46. The molecule has 0 aromatic rings. The van der Waals surface area contributed by atoms with Crippen LogP contribution in [-0.2, 0) is 4.74 Å². The predicted octanol–water partition coefficient (Wildman–Crippen LogP) is 2.66. The zero-order chi connectivity index (χ0) is 9.10. The van der Waals surface area contributed by atoms with E-state index in [0.717, 1.165) is 13.2 Å². The van der Waals surface area contributed by atoms with Gasteiger partial charge in [-0.25, -0.2) is 0 Å². The van der Waals surface area contributed by atoms with Crippen LogP contribution in [0.3, 0.4) is 0 Å². The summed E-state index contributed by atoms with van der Waals surface area (Å²) in [5, 5.41) is 0. The highest BCUT2D eigenvalue weighted by atomic mass is 127. The molecule has 0 radical (unpaired) electrons. The van der Waals surface area contributed by atoms with Crippen molar-refractivity contribution in [2.45, 2.75) is 25.5 Å². The van der Waals surface area contributed by atoms with E-state index in [-0.39, 0.29) is 0 Å². The number of rotatable bonds is 1. The number of nitrogens with zero attached hydrogens (tertiary/aromatic N) is 1. The van der Waals surface area contributed by atoms with E-state index in [1.807, 2.05) is 0 Å². The molecule has 0 amide bonds. The molecule has 13 heavy (non-hydrogen) atoms. The lowest BCUT2D eigenvalue weighted by Crippen LogP contribution is -2.36. The molecule has 0 aromatic carbocycles. The Kier molecular flexibility index (Phi) is 3.27. The summed E-state index contributed by atoms with van der Waals surface area (Å²) in [7, 11) is 0. The maximum atomic E-state index is 5.70. The summed E-state index contributed by atoms with van der Waals surface area (Å²) in [5.41, 5.74) is 0. The molecule has 1 fully saturated rings. The lowest BCUT2D eigenvalue weighted by molar-refractivity contribution is -0.0618. The second-order valence-corrected chi connectivity index (χ2v) is 4.67. The molecule has 0 spiro atoms. The molecule has 2 aliphatic heterocycles.